The van der Waals surface area contributed by atoms with Crippen LogP contribution in [-0.4, -0.2) is 27.4 Å². The fourth-order valence-electron chi connectivity index (χ4n) is 4.47. The van der Waals surface area contributed by atoms with Crippen LogP contribution in [0.3, 0.4) is 0 Å². The number of thiazole rings is 1. The van der Waals surface area contributed by atoms with Gasteiger partial charge in [0.15, 0.2) is 5.13 Å². The lowest BCUT2D eigenvalue weighted by molar-refractivity contribution is -0.0574. The van der Waals surface area contributed by atoms with Crippen LogP contribution in [0.25, 0.3) is 11.5 Å². The Bertz CT molecular complexity index is 1290. The second-order valence-corrected chi connectivity index (χ2v) is 10.0. The van der Waals surface area contributed by atoms with Crippen molar-refractivity contribution >= 4 is 22.4 Å². The van der Waals surface area contributed by atoms with Crippen LogP contribution in [0.1, 0.15) is 48.9 Å². The molecule has 8 nitrogen and oxygen atoms in total. The number of anilines is 1. The maximum atomic E-state index is 12.7. The fourth-order valence-corrected chi connectivity index (χ4v) is 4.99. The van der Waals surface area contributed by atoms with Gasteiger partial charge in [0, 0.05) is 35.5 Å². The van der Waals surface area contributed by atoms with Crippen LogP contribution >= 0.6 is 11.3 Å². The highest BCUT2D eigenvalue weighted by Gasteiger charge is 2.30. The van der Waals surface area contributed by atoms with E-state index in [-0.39, 0.29) is 11.8 Å². The number of amides is 1. The van der Waals surface area contributed by atoms with Gasteiger partial charge in [-0.25, -0.2) is 4.98 Å². The molecule has 186 valence electrons. The van der Waals surface area contributed by atoms with Crippen molar-refractivity contribution in [3.8, 4) is 23.0 Å². The number of hydrogen-bond donors (Lipinski definition) is 1. The van der Waals surface area contributed by atoms with E-state index in [1.165, 1.54) is 17.8 Å². The third-order valence-corrected chi connectivity index (χ3v) is 6.93. The van der Waals surface area contributed by atoms with Gasteiger partial charge >= 0.3 is 0 Å². The normalized spacial score (nSPS) is 18.4. The summed E-state index contributed by atoms with van der Waals surface area (Å²) >= 11 is 1.37. The van der Waals surface area contributed by atoms with Crippen molar-refractivity contribution in [2.45, 2.75) is 45.8 Å². The standard InChI is InChI=1S/C27H28N4O4S/c1-17-5-3-7-21(15-17)26(34-22-11-9-19(10-12-22)25-31-30-18(2)33-25)35-23-8-4-6-20(16-23)24(32)29-27-28-13-14-36-27/h4,6,8-14,16-17,21,26H,3,5,7,15H2,1-2H3,(H,28,29,32). The van der Waals surface area contributed by atoms with Crippen molar-refractivity contribution < 1.29 is 18.7 Å². The van der Waals surface area contributed by atoms with Gasteiger partial charge in [-0.3, -0.25) is 10.1 Å². The Labute approximate surface area is 213 Å². The van der Waals surface area contributed by atoms with Crippen molar-refractivity contribution in [2.75, 3.05) is 5.32 Å². The summed E-state index contributed by atoms with van der Waals surface area (Å²) in [4.78, 5) is 16.8. The molecule has 1 aliphatic rings. The third kappa shape index (κ3) is 5.91. The largest absolute Gasteiger partial charge is 0.455 e. The summed E-state index contributed by atoms with van der Waals surface area (Å²) in [5, 5.41) is 13.1. The van der Waals surface area contributed by atoms with E-state index in [1.54, 1.807) is 25.3 Å². The first-order valence-electron chi connectivity index (χ1n) is 12.1. The van der Waals surface area contributed by atoms with E-state index in [9.17, 15) is 4.79 Å². The van der Waals surface area contributed by atoms with Crippen LogP contribution < -0.4 is 14.8 Å². The summed E-state index contributed by atoms with van der Waals surface area (Å²) < 4.78 is 18.3. The lowest BCUT2D eigenvalue weighted by Crippen LogP contribution is -2.35. The maximum Gasteiger partial charge on any atom is 0.257 e. The highest BCUT2D eigenvalue weighted by Crippen LogP contribution is 2.34. The average molecular weight is 505 g/mol. The zero-order chi connectivity index (χ0) is 24.9. The summed E-state index contributed by atoms with van der Waals surface area (Å²) in [5.74, 6) is 2.88. The van der Waals surface area contributed by atoms with Gasteiger partial charge < -0.3 is 13.9 Å². The predicted octanol–water partition coefficient (Wildman–Crippen LogP) is 6.36. The first-order chi connectivity index (χ1) is 17.5. The quantitative estimate of drug-likeness (QED) is 0.279. The second kappa shape index (κ2) is 10.9. The van der Waals surface area contributed by atoms with Crippen LogP contribution in [0.15, 0.2) is 64.5 Å². The minimum atomic E-state index is -0.485. The predicted molar refractivity (Wildman–Crippen MR) is 137 cm³/mol. The Morgan fingerprint density at radius 2 is 1.94 bits per heavy atom. The summed E-state index contributed by atoms with van der Waals surface area (Å²) in [6, 6.07) is 14.7. The third-order valence-electron chi connectivity index (χ3n) is 6.24. The number of ether oxygens (including phenoxy) is 2. The van der Waals surface area contributed by atoms with Crippen molar-refractivity contribution in [3.05, 3.63) is 71.6 Å². The van der Waals surface area contributed by atoms with Gasteiger partial charge in [-0.15, -0.1) is 21.5 Å². The highest BCUT2D eigenvalue weighted by molar-refractivity contribution is 7.13. The van der Waals surface area contributed by atoms with E-state index in [2.05, 4.69) is 27.4 Å². The molecule has 1 N–H and O–H groups in total. The number of carbonyl (C=O) groups is 1. The summed E-state index contributed by atoms with van der Waals surface area (Å²) in [6.07, 6.45) is 5.57. The number of hydrogen-bond acceptors (Lipinski definition) is 8. The van der Waals surface area contributed by atoms with Gasteiger partial charge in [0.2, 0.25) is 18.1 Å². The van der Waals surface area contributed by atoms with Gasteiger partial charge in [-0.2, -0.15) is 0 Å². The SMILES string of the molecule is Cc1nnc(-c2ccc(OC(Oc3cccc(C(=O)Nc4nccs4)c3)C3CCCC(C)C3)cc2)o1. The van der Waals surface area contributed by atoms with Crippen molar-refractivity contribution in [2.24, 2.45) is 11.8 Å². The zero-order valence-electron chi connectivity index (χ0n) is 20.2. The molecule has 0 aliphatic heterocycles. The van der Waals surface area contributed by atoms with Crippen LogP contribution in [0.2, 0.25) is 0 Å². The van der Waals surface area contributed by atoms with Gasteiger partial charge in [-0.1, -0.05) is 25.8 Å². The molecule has 0 saturated heterocycles. The molecule has 3 atom stereocenters. The topological polar surface area (TPSA) is 99.4 Å². The number of carbonyl (C=O) groups excluding carboxylic acids is 1. The molecule has 2 aromatic heterocycles. The summed E-state index contributed by atoms with van der Waals surface area (Å²) in [5.41, 5.74) is 1.32. The van der Waals surface area contributed by atoms with Gasteiger partial charge in [0.05, 0.1) is 0 Å². The molecule has 1 aliphatic carbocycles. The van der Waals surface area contributed by atoms with Crippen molar-refractivity contribution in [1.29, 1.82) is 0 Å². The number of aromatic nitrogens is 3. The van der Waals surface area contributed by atoms with E-state index in [0.717, 1.165) is 24.8 Å². The Kier molecular flexibility index (Phi) is 7.27. The minimum absolute atomic E-state index is 0.231. The lowest BCUT2D eigenvalue weighted by atomic mass is 9.82. The maximum absolute atomic E-state index is 12.7. The van der Waals surface area contributed by atoms with Gasteiger partial charge in [0.25, 0.3) is 5.91 Å². The van der Waals surface area contributed by atoms with Crippen LogP contribution in [0, 0.1) is 18.8 Å². The zero-order valence-corrected chi connectivity index (χ0v) is 21.0. The number of nitrogens with zero attached hydrogens (tertiary/aromatic N) is 3. The van der Waals surface area contributed by atoms with Crippen LogP contribution in [-0.2, 0) is 0 Å². The Hall–Kier alpha value is -3.72. The fraction of sp³-hybridized carbons (Fsp3) is 0.333. The number of nitrogens with one attached hydrogen (secondary N) is 1. The lowest BCUT2D eigenvalue weighted by Gasteiger charge is -2.33. The molecule has 1 amide bonds. The molecule has 2 heterocycles. The van der Waals surface area contributed by atoms with Gasteiger partial charge in [0.1, 0.15) is 11.5 Å². The minimum Gasteiger partial charge on any atom is -0.455 e. The first kappa shape index (κ1) is 24.0. The molecule has 4 aromatic rings. The van der Waals surface area contributed by atoms with E-state index in [0.29, 0.717) is 39.9 Å². The summed E-state index contributed by atoms with van der Waals surface area (Å²) in [7, 11) is 0. The van der Waals surface area contributed by atoms with Gasteiger partial charge in [-0.05, 0) is 61.2 Å². The van der Waals surface area contributed by atoms with E-state index < -0.39 is 6.29 Å². The smallest absolute Gasteiger partial charge is 0.257 e. The van der Waals surface area contributed by atoms with Crippen LogP contribution in [0.4, 0.5) is 5.13 Å². The molecule has 0 spiro atoms. The molecular weight excluding hydrogens is 476 g/mol. The van der Waals surface area contributed by atoms with E-state index in [1.807, 2.05) is 41.8 Å². The van der Waals surface area contributed by atoms with Crippen molar-refractivity contribution in [3.63, 3.8) is 0 Å². The Balaban J connectivity index is 1.33. The van der Waals surface area contributed by atoms with E-state index >= 15 is 0 Å². The second-order valence-electron chi connectivity index (χ2n) is 9.11. The Morgan fingerprint density at radius 1 is 1.11 bits per heavy atom. The molecule has 0 radical (unpaired) electrons. The summed E-state index contributed by atoms with van der Waals surface area (Å²) in [6.45, 7) is 4.03. The first-order valence-corrected chi connectivity index (χ1v) is 13.0. The van der Waals surface area contributed by atoms with E-state index in [4.69, 9.17) is 13.9 Å². The molecule has 3 unspecified atom stereocenters. The molecule has 1 fully saturated rings. The van der Waals surface area contributed by atoms with Crippen molar-refractivity contribution in [1.82, 2.24) is 15.2 Å². The molecule has 2 aromatic carbocycles. The molecular formula is C27H28N4O4S. The molecule has 1 saturated carbocycles. The highest BCUT2D eigenvalue weighted by atomic mass is 32.1. The monoisotopic (exact) mass is 504 g/mol. The molecule has 9 heteroatoms. The molecule has 36 heavy (non-hydrogen) atoms. The number of aryl methyl sites for hydroxylation is 1. The Morgan fingerprint density at radius 3 is 2.67 bits per heavy atom. The van der Waals surface area contributed by atoms with Crippen LogP contribution in [0.5, 0.6) is 11.5 Å². The molecule has 5 rings (SSSR count). The number of rotatable bonds is 8. The molecule has 0 bridgehead atoms. The number of benzene rings is 2. The average Bonchev–Trinajstić information content (AvgIpc) is 3.56.